The van der Waals surface area contributed by atoms with Crippen LogP contribution < -0.4 is 5.73 Å². The Labute approximate surface area is 99.7 Å². The molecular weight excluding hydrogens is 216 g/mol. The third-order valence-electron chi connectivity index (χ3n) is 2.15. The summed E-state index contributed by atoms with van der Waals surface area (Å²) in [5, 5.41) is 0. The number of hydrogen-bond acceptors (Lipinski definition) is 5. The molecule has 2 aromatic rings. The second-order valence-electron chi connectivity index (χ2n) is 3.64. The lowest BCUT2D eigenvalue weighted by Gasteiger charge is -2.04. The first-order valence-corrected chi connectivity index (χ1v) is 5.33. The van der Waals surface area contributed by atoms with E-state index in [1.54, 1.807) is 6.92 Å². The summed E-state index contributed by atoms with van der Waals surface area (Å²) >= 11 is 0. The molecule has 0 atom stereocenters. The Balaban J connectivity index is 1.90. The molecule has 1 aromatic heterocycles. The van der Waals surface area contributed by atoms with Crippen molar-refractivity contribution in [1.29, 1.82) is 0 Å². The molecule has 17 heavy (non-hydrogen) atoms. The molecule has 0 aliphatic heterocycles. The number of hydrogen-bond donors (Lipinski definition) is 1. The van der Waals surface area contributed by atoms with Crippen molar-refractivity contribution < 1.29 is 4.74 Å². The summed E-state index contributed by atoms with van der Waals surface area (Å²) in [5.74, 6) is 1.40. The third-order valence-corrected chi connectivity index (χ3v) is 2.15. The average Bonchev–Trinajstić information content (AvgIpc) is 2.29. The van der Waals surface area contributed by atoms with E-state index in [0.717, 1.165) is 5.56 Å². The second-order valence-corrected chi connectivity index (χ2v) is 3.64. The fourth-order valence-corrected chi connectivity index (χ4v) is 1.46. The van der Waals surface area contributed by atoms with Crippen LogP contribution in [0.2, 0.25) is 0 Å². The van der Waals surface area contributed by atoms with Gasteiger partial charge in [-0.2, -0.15) is 9.97 Å². The summed E-state index contributed by atoms with van der Waals surface area (Å²) in [6.07, 6.45) is 0. The van der Waals surface area contributed by atoms with Crippen LogP contribution in [0.25, 0.3) is 0 Å². The summed E-state index contributed by atoms with van der Waals surface area (Å²) < 4.78 is 5.51. The highest BCUT2D eigenvalue weighted by molar-refractivity contribution is 5.15. The number of nitrogens with zero attached hydrogens (tertiary/aromatic N) is 3. The van der Waals surface area contributed by atoms with Gasteiger partial charge in [-0.05, 0) is 12.5 Å². The van der Waals surface area contributed by atoms with Crippen molar-refractivity contribution in [2.75, 3.05) is 5.73 Å². The standard InChI is InChI=1S/C12H14N4O/c1-9-14-11(16-12(13)15-9)8-17-7-10-5-3-2-4-6-10/h2-6H,7-8H2,1H3,(H2,13,14,15,16). The number of nitrogen functional groups attached to an aromatic ring is 1. The summed E-state index contributed by atoms with van der Waals surface area (Å²) in [5.41, 5.74) is 6.64. The van der Waals surface area contributed by atoms with Crippen molar-refractivity contribution in [2.24, 2.45) is 0 Å². The summed E-state index contributed by atoms with van der Waals surface area (Å²) in [7, 11) is 0. The van der Waals surface area contributed by atoms with Gasteiger partial charge in [-0.1, -0.05) is 30.3 Å². The molecule has 0 aliphatic rings. The predicted octanol–water partition coefficient (Wildman–Crippen LogP) is 1.48. The Kier molecular flexibility index (Phi) is 3.62. The molecular formula is C12H14N4O. The largest absolute Gasteiger partial charge is 0.369 e. The van der Waals surface area contributed by atoms with Crippen LogP contribution in [0.3, 0.4) is 0 Å². The monoisotopic (exact) mass is 230 g/mol. The van der Waals surface area contributed by atoms with Gasteiger partial charge in [0, 0.05) is 0 Å². The molecule has 0 bridgehead atoms. The molecule has 0 saturated heterocycles. The van der Waals surface area contributed by atoms with Crippen LogP contribution >= 0.6 is 0 Å². The number of aromatic nitrogens is 3. The number of nitrogens with two attached hydrogens (primary N) is 1. The SMILES string of the molecule is Cc1nc(N)nc(COCc2ccccc2)n1. The molecule has 0 unspecified atom stereocenters. The van der Waals surface area contributed by atoms with Crippen LogP contribution in [0.5, 0.6) is 0 Å². The molecule has 1 heterocycles. The quantitative estimate of drug-likeness (QED) is 0.861. The molecule has 2 rings (SSSR count). The van der Waals surface area contributed by atoms with Crippen molar-refractivity contribution in [3.63, 3.8) is 0 Å². The third kappa shape index (κ3) is 3.49. The predicted molar refractivity (Wildman–Crippen MR) is 63.9 cm³/mol. The summed E-state index contributed by atoms with van der Waals surface area (Å²) in [6, 6.07) is 9.94. The number of aryl methyl sites for hydroxylation is 1. The van der Waals surface area contributed by atoms with Gasteiger partial charge in [-0.3, -0.25) is 0 Å². The highest BCUT2D eigenvalue weighted by Crippen LogP contribution is 2.03. The maximum Gasteiger partial charge on any atom is 0.223 e. The highest BCUT2D eigenvalue weighted by atomic mass is 16.5. The molecule has 2 N–H and O–H groups in total. The fourth-order valence-electron chi connectivity index (χ4n) is 1.46. The minimum atomic E-state index is 0.232. The van der Waals surface area contributed by atoms with E-state index in [2.05, 4.69) is 15.0 Å². The minimum Gasteiger partial charge on any atom is -0.369 e. The maximum atomic E-state index is 5.52. The first-order valence-electron chi connectivity index (χ1n) is 5.33. The molecule has 0 amide bonds. The van der Waals surface area contributed by atoms with E-state index in [1.165, 1.54) is 0 Å². The normalized spacial score (nSPS) is 10.4. The van der Waals surface area contributed by atoms with E-state index < -0.39 is 0 Å². The second kappa shape index (κ2) is 5.36. The molecule has 0 spiro atoms. The Bertz CT molecular complexity index is 467. The van der Waals surface area contributed by atoms with Gasteiger partial charge in [0.1, 0.15) is 12.4 Å². The van der Waals surface area contributed by atoms with Crippen LogP contribution in [-0.4, -0.2) is 15.0 Å². The molecule has 0 fully saturated rings. The molecule has 5 heteroatoms. The fraction of sp³-hybridized carbons (Fsp3) is 0.250. The van der Waals surface area contributed by atoms with Gasteiger partial charge < -0.3 is 10.5 Å². The van der Waals surface area contributed by atoms with E-state index in [-0.39, 0.29) is 5.95 Å². The Morgan fingerprint density at radius 2 is 1.82 bits per heavy atom. The smallest absolute Gasteiger partial charge is 0.223 e. The molecule has 88 valence electrons. The summed E-state index contributed by atoms with van der Waals surface area (Å²) in [6.45, 7) is 2.65. The maximum absolute atomic E-state index is 5.52. The molecule has 1 aromatic carbocycles. The van der Waals surface area contributed by atoms with Crippen LogP contribution in [0, 0.1) is 6.92 Å². The van der Waals surface area contributed by atoms with Crippen LogP contribution in [0.15, 0.2) is 30.3 Å². The van der Waals surface area contributed by atoms with E-state index in [4.69, 9.17) is 10.5 Å². The molecule has 5 nitrogen and oxygen atoms in total. The molecule has 0 radical (unpaired) electrons. The van der Waals surface area contributed by atoms with Gasteiger partial charge in [0.05, 0.1) is 6.61 Å². The van der Waals surface area contributed by atoms with Gasteiger partial charge in [-0.15, -0.1) is 0 Å². The zero-order valence-corrected chi connectivity index (χ0v) is 9.63. The van der Waals surface area contributed by atoms with Crippen molar-refractivity contribution in [2.45, 2.75) is 20.1 Å². The van der Waals surface area contributed by atoms with Crippen LogP contribution in [0.4, 0.5) is 5.95 Å². The van der Waals surface area contributed by atoms with Crippen molar-refractivity contribution in [1.82, 2.24) is 15.0 Å². The number of rotatable bonds is 4. The van der Waals surface area contributed by atoms with E-state index in [1.807, 2.05) is 30.3 Å². The number of anilines is 1. The Morgan fingerprint density at radius 3 is 2.53 bits per heavy atom. The lowest BCUT2D eigenvalue weighted by Crippen LogP contribution is -2.06. The zero-order chi connectivity index (χ0) is 12.1. The van der Waals surface area contributed by atoms with Crippen LogP contribution in [-0.2, 0) is 18.0 Å². The van der Waals surface area contributed by atoms with Crippen LogP contribution in [0.1, 0.15) is 17.2 Å². The van der Waals surface area contributed by atoms with Gasteiger partial charge >= 0.3 is 0 Å². The van der Waals surface area contributed by atoms with Crippen molar-refractivity contribution in [3.05, 3.63) is 47.5 Å². The average molecular weight is 230 g/mol. The first-order chi connectivity index (χ1) is 8.24. The van der Waals surface area contributed by atoms with E-state index in [0.29, 0.717) is 24.9 Å². The molecule has 0 aliphatic carbocycles. The highest BCUT2D eigenvalue weighted by Gasteiger charge is 2.01. The van der Waals surface area contributed by atoms with E-state index in [9.17, 15) is 0 Å². The number of benzene rings is 1. The van der Waals surface area contributed by atoms with Crippen molar-refractivity contribution in [3.8, 4) is 0 Å². The Morgan fingerprint density at radius 1 is 1.06 bits per heavy atom. The lowest BCUT2D eigenvalue weighted by atomic mass is 10.2. The number of ether oxygens (including phenoxy) is 1. The van der Waals surface area contributed by atoms with Gasteiger partial charge in [-0.25, -0.2) is 4.98 Å². The van der Waals surface area contributed by atoms with Crippen molar-refractivity contribution >= 4 is 5.95 Å². The summed E-state index contributed by atoms with van der Waals surface area (Å²) in [4.78, 5) is 12.0. The van der Waals surface area contributed by atoms with Gasteiger partial charge in [0.15, 0.2) is 5.82 Å². The van der Waals surface area contributed by atoms with Gasteiger partial charge in [0.25, 0.3) is 0 Å². The van der Waals surface area contributed by atoms with Gasteiger partial charge in [0.2, 0.25) is 5.95 Å². The van der Waals surface area contributed by atoms with E-state index >= 15 is 0 Å². The molecule has 0 saturated carbocycles. The topological polar surface area (TPSA) is 73.9 Å². The Hall–Kier alpha value is -2.01. The minimum absolute atomic E-state index is 0.232. The lowest BCUT2D eigenvalue weighted by molar-refractivity contribution is 0.101. The first kappa shape index (κ1) is 11.5. The zero-order valence-electron chi connectivity index (χ0n) is 9.63.